The molecule has 26 heavy (non-hydrogen) atoms. The number of hydrogen-bond acceptors (Lipinski definition) is 5. The van der Waals surface area contributed by atoms with E-state index in [4.69, 9.17) is 21.7 Å². The van der Waals surface area contributed by atoms with Crippen LogP contribution < -0.4 is 20.3 Å². The van der Waals surface area contributed by atoms with Crippen LogP contribution in [0.5, 0.6) is 17.4 Å². The monoisotopic (exact) mass is 378 g/mol. The Hall–Kier alpha value is -2.32. The number of aromatic nitrogens is 2. The van der Waals surface area contributed by atoms with Crippen LogP contribution in [-0.2, 0) is 6.42 Å². The fourth-order valence-corrected chi connectivity index (χ4v) is 3.95. The van der Waals surface area contributed by atoms with E-state index >= 15 is 0 Å². The molecule has 3 rings (SSSR count). The first kappa shape index (κ1) is 18.5. The van der Waals surface area contributed by atoms with Gasteiger partial charge in [0.25, 0.3) is 5.56 Å². The Balaban J connectivity index is 2.24. The lowest BCUT2D eigenvalue weighted by molar-refractivity contribution is -0.690. The van der Waals surface area contributed by atoms with Crippen molar-refractivity contribution in [1.82, 2.24) is 9.55 Å². The van der Waals surface area contributed by atoms with Gasteiger partial charge in [0.05, 0.1) is 20.8 Å². The quantitative estimate of drug-likeness (QED) is 0.700. The second-order valence-corrected chi connectivity index (χ2v) is 7.01. The van der Waals surface area contributed by atoms with Crippen LogP contribution in [0.15, 0.2) is 16.9 Å². The second kappa shape index (κ2) is 7.13. The lowest BCUT2D eigenvalue weighted by atomic mass is 9.90. The Morgan fingerprint density at radius 1 is 1.31 bits per heavy atom. The van der Waals surface area contributed by atoms with Gasteiger partial charge in [-0.2, -0.15) is 0 Å². The third-order valence-corrected chi connectivity index (χ3v) is 5.08. The summed E-state index contributed by atoms with van der Waals surface area (Å²) >= 11 is 5.22. The van der Waals surface area contributed by atoms with Crippen molar-refractivity contribution < 1.29 is 19.9 Å². The Labute approximate surface area is 156 Å². The van der Waals surface area contributed by atoms with E-state index in [0.717, 1.165) is 24.1 Å². The number of aromatic amines is 1. The number of rotatable bonds is 4. The molecule has 1 atom stereocenters. The average Bonchev–Trinajstić information content (AvgIpc) is 2.59. The maximum absolute atomic E-state index is 12.7. The number of nitrogens with two attached hydrogens (primary N) is 1. The normalized spacial score (nSPS) is 16.4. The van der Waals surface area contributed by atoms with Gasteiger partial charge in [-0.1, -0.05) is 0 Å². The van der Waals surface area contributed by atoms with Crippen molar-refractivity contribution in [2.24, 2.45) is 0 Å². The summed E-state index contributed by atoms with van der Waals surface area (Å²) in [6.07, 6.45) is 0.841. The minimum absolute atomic E-state index is 0.0773. The van der Waals surface area contributed by atoms with E-state index in [1.165, 1.54) is 0 Å². The number of nitrogens with zero attached hydrogens (tertiary/aromatic N) is 1. The molecule has 0 saturated heterocycles. The zero-order valence-electron chi connectivity index (χ0n) is 15.3. The number of quaternary nitrogens is 1. The summed E-state index contributed by atoms with van der Waals surface area (Å²) in [6, 6.07) is 3.40. The molecule has 1 aromatic heterocycles. The second-order valence-electron chi connectivity index (χ2n) is 6.62. The molecule has 1 aliphatic rings. The summed E-state index contributed by atoms with van der Waals surface area (Å²) in [4.78, 5) is 15.3. The predicted molar refractivity (Wildman–Crippen MR) is 99.8 cm³/mol. The third kappa shape index (κ3) is 2.99. The molecule has 4 N–H and O–H groups in total. The van der Waals surface area contributed by atoms with E-state index in [1.54, 1.807) is 18.8 Å². The fourth-order valence-electron chi connectivity index (χ4n) is 3.56. The van der Waals surface area contributed by atoms with E-state index in [1.807, 2.05) is 31.3 Å². The molecule has 0 radical (unpaired) electrons. The van der Waals surface area contributed by atoms with Crippen LogP contribution in [0.3, 0.4) is 0 Å². The molecule has 0 bridgehead atoms. The van der Waals surface area contributed by atoms with Gasteiger partial charge in [-0.25, -0.2) is 0 Å². The van der Waals surface area contributed by atoms with Crippen LogP contribution in [0.25, 0.3) is 0 Å². The number of fused-ring (bicyclic) bond motifs is 1. The smallest absolute Gasteiger partial charge is 0.265 e. The maximum atomic E-state index is 12.7. The molecule has 1 aromatic carbocycles. The van der Waals surface area contributed by atoms with Crippen LogP contribution in [0.1, 0.15) is 42.6 Å². The predicted octanol–water partition coefficient (Wildman–Crippen LogP) is 1.42. The van der Waals surface area contributed by atoms with Gasteiger partial charge in [-0.15, -0.1) is 0 Å². The highest BCUT2D eigenvalue weighted by Gasteiger charge is 2.33. The lowest BCUT2D eigenvalue weighted by Gasteiger charge is -2.26. The molecule has 0 unspecified atom stereocenters. The zero-order chi connectivity index (χ0) is 19.0. The summed E-state index contributed by atoms with van der Waals surface area (Å²) in [7, 11) is 3.18. The first-order chi connectivity index (χ1) is 12.4. The summed E-state index contributed by atoms with van der Waals surface area (Å²) in [5, 5.41) is 12.9. The Morgan fingerprint density at radius 3 is 2.58 bits per heavy atom. The van der Waals surface area contributed by atoms with Crippen molar-refractivity contribution >= 4 is 12.2 Å². The molecule has 7 nitrogen and oxygen atoms in total. The molecule has 2 heterocycles. The molecule has 0 amide bonds. The maximum Gasteiger partial charge on any atom is 0.265 e. The Morgan fingerprint density at radius 2 is 1.96 bits per heavy atom. The van der Waals surface area contributed by atoms with E-state index in [0.29, 0.717) is 17.1 Å². The van der Waals surface area contributed by atoms with Gasteiger partial charge in [0.2, 0.25) is 5.88 Å². The van der Waals surface area contributed by atoms with Crippen molar-refractivity contribution in [3.63, 3.8) is 0 Å². The highest BCUT2D eigenvalue weighted by molar-refractivity contribution is 7.71. The number of hydrogen-bond donors (Lipinski definition) is 3. The average molecular weight is 378 g/mol. The van der Waals surface area contributed by atoms with Gasteiger partial charge in [0.15, 0.2) is 16.3 Å². The third-order valence-electron chi connectivity index (χ3n) is 4.78. The first-order valence-corrected chi connectivity index (χ1v) is 8.95. The van der Waals surface area contributed by atoms with E-state index in [9.17, 15) is 9.90 Å². The topological polar surface area (TPSA) is 93.1 Å². The lowest BCUT2D eigenvalue weighted by Crippen LogP contribution is -2.87. The van der Waals surface area contributed by atoms with E-state index in [-0.39, 0.29) is 28.3 Å². The van der Waals surface area contributed by atoms with Gasteiger partial charge < -0.3 is 19.9 Å². The SMILES string of the molecule is COc1cc2c(cc1OC)[C@@H](c1c(O)n(C(C)C)c(=S)[nH]c1=O)[NH2+]CC2. The number of nitrogens with one attached hydrogen (secondary N) is 1. The molecule has 0 spiro atoms. The molecular formula is C18H24N3O4S+. The van der Waals surface area contributed by atoms with Gasteiger partial charge in [0, 0.05) is 18.0 Å². The molecule has 0 fully saturated rings. The molecule has 140 valence electrons. The van der Waals surface area contributed by atoms with Crippen molar-refractivity contribution in [3.05, 3.63) is 43.9 Å². The zero-order valence-corrected chi connectivity index (χ0v) is 16.1. The number of benzene rings is 1. The van der Waals surface area contributed by atoms with Crippen LogP contribution in [0, 0.1) is 4.77 Å². The Bertz CT molecular complexity index is 949. The van der Waals surface area contributed by atoms with Crippen molar-refractivity contribution in [3.8, 4) is 17.4 Å². The highest BCUT2D eigenvalue weighted by atomic mass is 32.1. The molecule has 1 aliphatic heterocycles. The Kier molecular flexibility index (Phi) is 5.06. The van der Waals surface area contributed by atoms with Crippen LogP contribution in [-0.4, -0.2) is 35.4 Å². The number of methoxy groups -OCH3 is 2. The highest BCUT2D eigenvalue weighted by Crippen LogP contribution is 2.36. The summed E-state index contributed by atoms with van der Waals surface area (Å²) in [5.74, 6) is 1.17. The molecule has 0 aliphatic carbocycles. The minimum Gasteiger partial charge on any atom is -0.494 e. The first-order valence-electron chi connectivity index (χ1n) is 8.54. The standard InChI is InChI=1S/C18H23N3O4S/c1-9(2)21-17(23)14(16(22)20-18(21)26)15-11-8-13(25-4)12(24-3)7-10(11)5-6-19-15/h7-9,15,19,23H,5-6H2,1-4H3,(H,20,22,26)/p+1/t15-/m0/s1. The molecule has 0 saturated carbocycles. The van der Waals surface area contributed by atoms with Gasteiger partial charge >= 0.3 is 0 Å². The van der Waals surface area contributed by atoms with Crippen molar-refractivity contribution in [1.29, 1.82) is 0 Å². The van der Waals surface area contributed by atoms with Crippen molar-refractivity contribution in [2.45, 2.75) is 32.4 Å². The van der Waals surface area contributed by atoms with Crippen LogP contribution >= 0.6 is 12.2 Å². The number of ether oxygens (including phenoxy) is 2. The fraction of sp³-hybridized carbons (Fsp3) is 0.444. The van der Waals surface area contributed by atoms with Gasteiger partial charge in [0.1, 0.15) is 11.6 Å². The molecule has 2 aromatic rings. The summed E-state index contributed by atoms with van der Waals surface area (Å²) in [5.41, 5.74) is 1.95. The van der Waals surface area contributed by atoms with E-state index in [2.05, 4.69) is 4.98 Å². The van der Waals surface area contributed by atoms with Crippen LogP contribution in [0.4, 0.5) is 0 Å². The van der Waals surface area contributed by atoms with Gasteiger partial charge in [-0.3, -0.25) is 14.3 Å². The van der Waals surface area contributed by atoms with Gasteiger partial charge in [-0.05, 0) is 43.8 Å². The van der Waals surface area contributed by atoms with Crippen LogP contribution in [0.2, 0.25) is 0 Å². The summed E-state index contributed by atoms with van der Waals surface area (Å²) in [6.45, 7) is 4.61. The number of H-pyrrole nitrogens is 1. The minimum atomic E-state index is -0.367. The molecule has 8 heteroatoms. The van der Waals surface area contributed by atoms with Crippen molar-refractivity contribution in [2.75, 3.05) is 20.8 Å². The summed E-state index contributed by atoms with van der Waals surface area (Å²) < 4.78 is 12.6. The largest absolute Gasteiger partial charge is 0.494 e. The number of aromatic hydroxyl groups is 1. The van der Waals surface area contributed by atoms with E-state index < -0.39 is 0 Å². The molecular weight excluding hydrogens is 354 g/mol.